The molecule has 90 valence electrons. The minimum absolute atomic E-state index is 0.212. The molecule has 0 spiro atoms. The zero-order valence-corrected chi connectivity index (χ0v) is 10.5. The second kappa shape index (κ2) is 8.93. The maximum absolute atomic E-state index is 5.92. The van der Waals surface area contributed by atoms with Gasteiger partial charge in [-0.3, -0.25) is 0 Å². The molecule has 2 nitrogen and oxygen atoms in total. The third kappa shape index (κ3) is 5.95. The Kier molecular flexibility index (Phi) is 8.73. The predicted octanol–water partition coefficient (Wildman–Crippen LogP) is 2.83. The number of hydrogen-bond acceptors (Lipinski definition) is 2. The van der Waals surface area contributed by atoms with Gasteiger partial charge < -0.3 is 11.5 Å². The zero-order valence-electron chi connectivity index (χ0n) is 10.5. The highest BCUT2D eigenvalue weighted by atomic mass is 14.6. The summed E-state index contributed by atoms with van der Waals surface area (Å²) in [5, 5.41) is 0. The van der Waals surface area contributed by atoms with E-state index >= 15 is 0 Å². The average molecular weight is 212 g/mol. The average Bonchev–Trinajstić information content (AvgIpc) is 2.26. The predicted molar refractivity (Wildman–Crippen MR) is 68.7 cm³/mol. The van der Waals surface area contributed by atoms with Gasteiger partial charge >= 0.3 is 0 Å². The second-order valence-corrected chi connectivity index (χ2v) is 4.41. The Morgan fingerprint density at radius 3 is 2.20 bits per heavy atom. The number of hydrogen-bond donors (Lipinski definition) is 2. The van der Waals surface area contributed by atoms with Crippen molar-refractivity contribution >= 4 is 0 Å². The third-order valence-corrected chi connectivity index (χ3v) is 3.04. The first kappa shape index (κ1) is 14.7. The summed E-state index contributed by atoms with van der Waals surface area (Å²) >= 11 is 0. The first-order valence-electron chi connectivity index (χ1n) is 6.32. The van der Waals surface area contributed by atoms with E-state index in [1.54, 1.807) is 0 Å². The molecule has 1 unspecified atom stereocenters. The molecule has 0 heterocycles. The van der Waals surface area contributed by atoms with Gasteiger partial charge in [0.1, 0.15) is 0 Å². The van der Waals surface area contributed by atoms with Crippen LogP contribution in [0.2, 0.25) is 0 Å². The van der Waals surface area contributed by atoms with E-state index in [0.29, 0.717) is 6.54 Å². The molecule has 0 fully saturated rings. The first-order chi connectivity index (χ1) is 7.24. The van der Waals surface area contributed by atoms with Crippen LogP contribution in [0.3, 0.4) is 0 Å². The smallest absolute Gasteiger partial charge is 0.0107 e. The van der Waals surface area contributed by atoms with Crippen molar-refractivity contribution in [2.75, 3.05) is 13.1 Å². The minimum atomic E-state index is 0.212. The fraction of sp³-hybridized carbons (Fsp3) is 0.846. The van der Waals surface area contributed by atoms with Gasteiger partial charge in [-0.2, -0.15) is 0 Å². The van der Waals surface area contributed by atoms with Gasteiger partial charge in [0.15, 0.2) is 0 Å². The molecule has 15 heavy (non-hydrogen) atoms. The highest BCUT2D eigenvalue weighted by molar-refractivity contribution is 5.01. The van der Waals surface area contributed by atoms with Crippen molar-refractivity contribution in [1.29, 1.82) is 0 Å². The molecule has 2 heteroatoms. The van der Waals surface area contributed by atoms with Crippen molar-refractivity contribution in [1.82, 2.24) is 0 Å². The van der Waals surface area contributed by atoms with E-state index in [1.807, 2.05) is 0 Å². The molecule has 0 aliphatic heterocycles. The van der Waals surface area contributed by atoms with Crippen molar-refractivity contribution < 1.29 is 0 Å². The molecule has 0 aromatic carbocycles. The van der Waals surface area contributed by atoms with Crippen LogP contribution in [-0.4, -0.2) is 13.1 Å². The fourth-order valence-corrected chi connectivity index (χ4v) is 2.11. The van der Waals surface area contributed by atoms with Gasteiger partial charge in [-0.05, 0) is 12.8 Å². The van der Waals surface area contributed by atoms with E-state index < -0.39 is 0 Å². The van der Waals surface area contributed by atoms with Gasteiger partial charge in [-0.25, -0.2) is 0 Å². The van der Waals surface area contributed by atoms with E-state index in [0.717, 1.165) is 6.54 Å². The largest absolute Gasteiger partial charge is 0.330 e. The summed E-state index contributed by atoms with van der Waals surface area (Å²) in [7, 11) is 0. The van der Waals surface area contributed by atoms with Crippen LogP contribution in [0.5, 0.6) is 0 Å². The molecule has 0 aliphatic carbocycles. The number of rotatable bonds is 9. The molecule has 0 aliphatic rings. The summed E-state index contributed by atoms with van der Waals surface area (Å²) in [5.74, 6) is 0. The van der Waals surface area contributed by atoms with Crippen LogP contribution < -0.4 is 11.5 Å². The van der Waals surface area contributed by atoms with E-state index in [9.17, 15) is 0 Å². The second-order valence-electron chi connectivity index (χ2n) is 4.41. The van der Waals surface area contributed by atoms with Crippen molar-refractivity contribution in [2.24, 2.45) is 16.9 Å². The monoisotopic (exact) mass is 212 g/mol. The van der Waals surface area contributed by atoms with Crippen LogP contribution in [0.4, 0.5) is 0 Å². The summed E-state index contributed by atoms with van der Waals surface area (Å²) < 4.78 is 0. The SMILES string of the molecule is CCCCCC(C=CCN)(CN)CCC. The first-order valence-corrected chi connectivity index (χ1v) is 6.32. The maximum Gasteiger partial charge on any atom is 0.0107 e. The van der Waals surface area contributed by atoms with Crippen LogP contribution >= 0.6 is 0 Å². The Hall–Kier alpha value is -0.340. The lowest BCUT2D eigenvalue weighted by Gasteiger charge is -2.29. The molecule has 0 rings (SSSR count). The normalized spacial score (nSPS) is 15.7. The Bertz CT molecular complexity index is 166. The summed E-state index contributed by atoms with van der Waals surface area (Å²) in [6.45, 7) is 5.83. The quantitative estimate of drug-likeness (QED) is 0.456. The zero-order chi connectivity index (χ0) is 11.6. The van der Waals surface area contributed by atoms with Crippen molar-refractivity contribution in [3.63, 3.8) is 0 Å². The highest BCUT2D eigenvalue weighted by Crippen LogP contribution is 2.31. The van der Waals surface area contributed by atoms with Crippen LogP contribution in [0, 0.1) is 5.41 Å². The van der Waals surface area contributed by atoms with Gasteiger partial charge in [0.2, 0.25) is 0 Å². The van der Waals surface area contributed by atoms with Crippen LogP contribution in [0.1, 0.15) is 52.4 Å². The number of nitrogens with two attached hydrogens (primary N) is 2. The molecule has 0 aromatic heterocycles. The van der Waals surface area contributed by atoms with E-state index in [-0.39, 0.29) is 5.41 Å². The third-order valence-electron chi connectivity index (χ3n) is 3.04. The van der Waals surface area contributed by atoms with Crippen molar-refractivity contribution in [2.45, 2.75) is 52.4 Å². The Balaban J connectivity index is 4.28. The van der Waals surface area contributed by atoms with Gasteiger partial charge in [-0.15, -0.1) is 0 Å². The van der Waals surface area contributed by atoms with Crippen molar-refractivity contribution in [3.05, 3.63) is 12.2 Å². The molecule has 0 saturated heterocycles. The Morgan fingerprint density at radius 2 is 1.73 bits per heavy atom. The summed E-state index contributed by atoms with van der Waals surface area (Å²) in [6, 6.07) is 0. The lowest BCUT2D eigenvalue weighted by molar-refractivity contribution is 0.316. The van der Waals surface area contributed by atoms with Crippen molar-refractivity contribution in [3.8, 4) is 0 Å². The molecule has 0 saturated carbocycles. The molecule has 0 aromatic rings. The van der Waals surface area contributed by atoms with Crippen LogP contribution in [0.25, 0.3) is 0 Å². The molecule has 4 N–H and O–H groups in total. The van der Waals surface area contributed by atoms with Crippen LogP contribution in [-0.2, 0) is 0 Å². The lowest BCUT2D eigenvalue weighted by Crippen LogP contribution is -2.28. The standard InChI is InChI=1S/C13H28N2/c1-3-5-6-9-13(12-15,8-4-2)10-7-11-14/h7,10H,3-6,8-9,11-12,14-15H2,1-2H3. The summed E-state index contributed by atoms with van der Waals surface area (Å²) in [5.41, 5.74) is 11.7. The van der Waals surface area contributed by atoms with E-state index in [4.69, 9.17) is 11.5 Å². The van der Waals surface area contributed by atoms with Crippen LogP contribution in [0.15, 0.2) is 12.2 Å². The molecule has 1 atom stereocenters. The molecule has 0 bridgehead atoms. The van der Waals surface area contributed by atoms with E-state index in [1.165, 1.54) is 38.5 Å². The van der Waals surface area contributed by atoms with Gasteiger partial charge in [0, 0.05) is 18.5 Å². The van der Waals surface area contributed by atoms with Gasteiger partial charge in [-0.1, -0.05) is 51.7 Å². The molecule has 0 radical (unpaired) electrons. The topological polar surface area (TPSA) is 52.0 Å². The summed E-state index contributed by atoms with van der Waals surface area (Å²) in [6.07, 6.45) is 11.8. The lowest BCUT2D eigenvalue weighted by atomic mass is 9.78. The Labute approximate surface area is 95.1 Å². The fourth-order valence-electron chi connectivity index (χ4n) is 2.11. The number of unbranched alkanes of at least 4 members (excludes halogenated alkanes) is 2. The minimum Gasteiger partial charge on any atom is -0.330 e. The van der Waals surface area contributed by atoms with Gasteiger partial charge in [0.25, 0.3) is 0 Å². The Morgan fingerprint density at radius 1 is 1.00 bits per heavy atom. The molecular formula is C13H28N2. The van der Waals surface area contributed by atoms with Gasteiger partial charge in [0.05, 0.1) is 0 Å². The molecule has 0 amide bonds. The van der Waals surface area contributed by atoms with E-state index in [2.05, 4.69) is 26.0 Å². The highest BCUT2D eigenvalue weighted by Gasteiger charge is 2.23. The summed E-state index contributed by atoms with van der Waals surface area (Å²) in [4.78, 5) is 0. The molecular weight excluding hydrogens is 184 g/mol. The maximum atomic E-state index is 5.92.